The molecule has 0 saturated heterocycles. The van der Waals surface area contributed by atoms with E-state index in [2.05, 4.69) is 9.47 Å². The van der Waals surface area contributed by atoms with E-state index in [4.69, 9.17) is 0 Å². The molecular formula is C10H18O5. The molecule has 0 fully saturated rings. The molecule has 0 heterocycles. The number of hydrogen-bond acceptors (Lipinski definition) is 5. The van der Waals surface area contributed by atoms with Crippen LogP contribution < -0.4 is 0 Å². The highest BCUT2D eigenvalue weighted by molar-refractivity contribution is 5.71. The normalized spacial score (nSPS) is 14.1. The van der Waals surface area contributed by atoms with Gasteiger partial charge in [-0.05, 0) is 12.8 Å². The van der Waals surface area contributed by atoms with Gasteiger partial charge in [0.1, 0.15) is 0 Å². The minimum atomic E-state index is -0.682. The highest BCUT2D eigenvalue weighted by atomic mass is 16.5. The molecule has 1 N–H and O–H groups in total. The molecule has 2 atom stereocenters. The summed E-state index contributed by atoms with van der Waals surface area (Å²) >= 11 is 0. The lowest BCUT2D eigenvalue weighted by Gasteiger charge is -2.13. The predicted octanol–water partition coefficient (Wildman–Crippen LogP) is 0.500. The molecule has 0 aliphatic rings. The summed E-state index contributed by atoms with van der Waals surface area (Å²) in [5.74, 6) is -1.07. The highest BCUT2D eigenvalue weighted by Gasteiger charge is 2.18. The van der Waals surface area contributed by atoms with Crippen LogP contribution in [0.25, 0.3) is 0 Å². The molecule has 0 aromatic carbocycles. The lowest BCUT2D eigenvalue weighted by atomic mass is 10.0. The van der Waals surface area contributed by atoms with Crippen LogP contribution in [-0.4, -0.2) is 37.4 Å². The minimum absolute atomic E-state index is 0.158. The maximum absolute atomic E-state index is 11.0. The third kappa shape index (κ3) is 6.06. The van der Waals surface area contributed by atoms with Crippen LogP contribution in [0.4, 0.5) is 0 Å². The van der Waals surface area contributed by atoms with Gasteiger partial charge in [0.15, 0.2) is 0 Å². The zero-order chi connectivity index (χ0) is 11.8. The van der Waals surface area contributed by atoms with Gasteiger partial charge in [-0.1, -0.05) is 6.92 Å². The Hall–Kier alpha value is -1.10. The Labute approximate surface area is 89.4 Å². The zero-order valence-electron chi connectivity index (χ0n) is 9.36. The molecular weight excluding hydrogens is 200 g/mol. The van der Waals surface area contributed by atoms with Crippen molar-refractivity contribution in [2.45, 2.75) is 32.3 Å². The summed E-state index contributed by atoms with van der Waals surface area (Å²) in [5, 5.41) is 9.49. The number of aliphatic hydroxyl groups is 1. The second-order valence-electron chi connectivity index (χ2n) is 3.43. The molecule has 0 aromatic rings. The molecule has 15 heavy (non-hydrogen) atoms. The number of ether oxygens (including phenoxy) is 2. The number of esters is 2. The Balaban J connectivity index is 3.78. The van der Waals surface area contributed by atoms with Crippen molar-refractivity contribution in [1.29, 1.82) is 0 Å². The molecule has 0 spiro atoms. The molecule has 88 valence electrons. The molecule has 0 rings (SSSR count). The van der Waals surface area contributed by atoms with Crippen LogP contribution in [0.3, 0.4) is 0 Å². The lowest BCUT2D eigenvalue weighted by molar-refractivity contribution is -0.145. The van der Waals surface area contributed by atoms with Crippen LogP contribution in [0, 0.1) is 5.92 Å². The molecule has 5 heteroatoms. The fraction of sp³-hybridized carbons (Fsp3) is 0.800. The molecule has 0 unspecified atom stereocenters. The lowest BCUT2D eigenvalue weighted by Crippen LogP contribution is -2.20. The molecule has 0 aromatic heterocycles. The van der Waals surface area contributed by atoms with E-state index in [-0.39, 0.29) is 24.3 Å². The van der Waals surface area contributed by atoms with Crippen molar-refractivity contribution >= 4 is 11.9 Å². The topological polar surface area (TPSA) is 72.8 Å². The number of carbonyl (C=O) groups is 2. The quantitative estimate of drug-likeness (QED) is 0.657. The van der Waals surface area contributed by atoms with E-state index in [0.717, 1.165) is 0 Å². The summed E-state index contributed by atoms with van der Waals surface area (Å²) in [6.07, 6.45) is 0.0710. The Kier molecular flexibility index (Phi) is 6.70. The number of hydrogen-bond donors (Lipinski definition) is 1. The predicted molar refractivity (Wildman–Crippen MR) is 53.1 cm³/mol. The van der Waals surface area contributed by atoms with Gasteiger partial charge in [0, 0.05) is 6.42 Å². The van der Waals surface area contributed by atoms with Crippen molar-refractivity contribution in [3.63, 3.8) is 0 Å². The second kappa shape index (κ2) is 7.23. The average Bonchev–Trinajstić information content (AvgIpc) is 2.24. The van der Waals surface area contributed by atoms with Crippen LogP contribution in [0.1, 0.15) is 26.2 Å². The second-order valence-corrected chi connectivity index (χ2v) is 3.43. The maximum atomic E-state index is 11.0. The first-order valence-electron chi connectivity index (χ1n) is 4.84. The SMILES string of the molecule is COC(=O)CC[C@@H](O)C[C@H](C)C(=O)OC. The smallest absolute Gasteiger partial charge is 0.308 e. The first-order valence-corrected chi connectivity index (χ1v) is 4.84. The summed E-state index contributed by atoms with van der Waals surface area (Å²) in [6, 6.07) is 0. The first-order chi connectivity index (χ1) is 7.01. The monoisotopic (exact) mass is 218 g/mol. The van der Waals surface area contributed by atoms with E-state index in [0.29, 0.717) is 12.8 Å². The minimum Gasteiger partial charge on any atom is -0.469 e. The van der Waals surface area contributed by atoms with E-state index in [1.165, 1.54) is 14.2 Å². The number of methoxy groups -OCH3 is 2. The van der Waals surface area contributed by atoms with Crippen LogP contribution in [0.2, 0.25) is 0 Å². The number of carbonyl (C=O) groups excluding carboxylic acids is 2. The molecule has 5 nitrogen and oxygen atoms in total. The van der Waals surface area contributed by atoms with Crippen LogP contribution in [0.15, 0.2) is 0 Å². The summed E-state index contributed by atoms with van der Waals surface area (Å²) in [5.41, 5.74) is 0. The van der Waals surface area contributed by atoms with Gasteiger partial charge in [-0.3, -0.25) is 9.59 Å². The van der Waals surface area contributed by atoms with Crippen LogP contribution in [0.5, 0.6) is 0 Å². The maximum Gasteiger partial charge on any atom is 0.308 e. The van der Waals surface area contributed by atoms with Gasteiger partial charge in [-0.25, -0.2) is 0 Å². The van der Waals surface area contributed by atoms with Gasteiger partial charge in [-0.15, -0.1) is 0 Å². The largest absolute Gasteiger partial charge is 0.469 e. The van der Waals surface area contributed by atoms with Crippen molar-refractivity contribution in [2.24, 2.45) is 5.92 Å². The standard InChI is InChI=1S/C10H18O5/c1-7(10(13)15-3)6-8(11)4-5-9(12)14-2/h7-8,11H,4-6H2,1-3H3/t7-,8+/m0/s1. The zero-order valence-corrected chi connectivity index (χ0v) is 9.36. The van der Waals surface area contributed by atoms with Crippen LogP contribution >= 0.6 is 0 Å². The summed E-state index contributed by atoms with van der Waals surface area (Å²) in [7, 11) is 2.60. The Morgan fingerprint density at radius 1 is 1.27 bits per heavy atom. The summed E-state index contributed by atoms with van der Waals surface area (Å²) in [6.45, 7) is 1.67. The van der Waals surface area contributed by atoms with E-state index in [1.54, 1.807) is 6.92 Å². The number of rotatable bonds is 6. The van der Waals surface area contributed by atoms with Gasteiger partial charge in [0.05, 0.1) is 26.2 Å². The molecule has 0 amide bonds. The Bertz CT molecular complexity index is 214. The molecule has 0 bridgehead atoms. The fourth-order valence-electron chi connectivity index (χ4n) is 1.21. The van der Waals surface area contributed by atoms with Crippen molar-refractivity contribution in [3.05, 3.63) is 0 Å². The summed E-state index contributed by atoms with van der Waals surface area (Å²) in [4.78, 5) is 21.8. The number of aliphatic hydroxyl groups excluding tert-OH is 1. The molecule has 0 saturated carbocycles. The third-order valence-electron chi connectivity index (χ3n) is 2.14. The van der Waals surface area contributed by atoms with Gasteiger partial charge >= 0.3 is 11.9 Å². The van der Waals surface area contributed by atoms with E-state index in [1.807, 2.05) is 0 Å². The third-order valence-corrected chi connectivity index (χ3v) is 2.14. The van der Waals surface area contributed by atoms with E-state index in [9.17, 15) is 14.7 Å². The van der Waals surface area contributed by atoms with Gasteiger partial charge < -0.3 is 14.6 Å². The molecule has 0 radical (unpaired) electrons. The van der Waals surface area contributed by atoms with Gasteiger partial charge in [0.2, 0.25) is 0 Å². The molecule has 0 aliphatic carbocycles. The summed E-state index contributed by atoms with van der Waals surface area (Å²) < 4.78 is 8.95. The highest BCUT2D eigenvalue weighted by Crippen LogP contribution is 2.12. The van der Waals surface area contributed by atoms with Crippen molar-refractivity contribution in [3.8, 4) is 0 Å². The fourth-order valence-corrected chi connectivity index (χ4v) is 1.21. The van der Waals surface area contributed by atoms with Gasteiger partial charge in [-0.2, -0.15) is 0 Å². The van der Waals surface area contributed by atoms with Crippen molar-refractivity contribution < 1.29 is 24.2 Å². The van der Waals surface area contributed by atoms with Crippen LogP contribution in [-0.2, 0) is 19.1 Å². The Morgan fingerprint density at radius 3 is 2.33 bits per heavy atom. The average molecular weight is 218 g/mol. The van der Waals surface area contributed by atoms with E-state index >= 15 is 0 Å². The van der Waals surface area contributed by atoms with E-state index < -0.39 is 6.10 Å². The molecule has 0 aliphatic heterocycles. The van der Waals surface area contributed by atoms with Crippen molar-refractivity contribution in [1.82, 2.24) is 0 Å². The Morgan fingerprint density at radius 2 is 1.87 bits per heavy atom. The van der Waals surface area contributed by atoms with Gasteiger partial charge in [0.25, 0.3) is 0 Å². The van der Waals surface area contributed by atoms with Crippen molar-refractivity contribution in [2.75, 3.05) is 14.2 Å². The first kappa shape index (κ1) is 13.9.